The Labute approximate surface area is 110 Å². The molecule has 5 nitrogen and oxygen atoms in total. The number of aromatic amines is 1. The van der Waals surface area contributed by atoms with Crippen molar-refractivity contribution in [1.82, 2.24) is 10.2 Å². The van der Waals surface area contributed by atoms with Crippen molar-refractivity contribution in [3.8, 4) is 11.8 Å². The van der Waals surface area contributed by atoms with Crippen molar-refractivity contribution in [1.29, 1.82) is 0 Å². The highest BCUT2D eigenvalue weighted by atomic mass is 16.2. The van der Waals surface area contributed by atoms with Gasteiger partial charge in [-0.15, -0.1) is 0 Å². The first-order valence-corrected chi connectivity index (χ1v) is 5.71. The SMILES string of the molecule is Cc1cc(C#CCO)cc(NC(=O)c2ccn[nH]2)c1. The van der Waals surface area contributed by atoms with Crippen molar-refractivity contribution >= 4 is 11.6 Å². The summed E-state index contributed by atoms with van der Waals surface area (Å²) in [5.41, 5.74) is 2.77. The number of H-pyrrole nitrogens is 1. The van der Waals surface area contributed by atoms with E-state index in [9.17, 15) is 4.79 Å². The normalized spacial score (nSPS) is 9.58. The van der Waals surface area contributed by atoms with E-state index in [-0.39, 0.29) is 12.5 Å². The molecule has 0 fully saturated rings. The van der Waals surface area contributed by atoms with Crippen LogP contribution in [0.3, 0.4) is 0 Å². The molecular weight excluding hydrogens is 242 g/mol. The Bertz CT molecular complexity index is 636. The number of amides is 1. The van der Waals surface area contributed by atoms with Gasteiger partial charge in [-0.2, -0.15) is 5.10 Å². The van der Waals surface area contributed by atoms with Gasteiger partial charge in [0.05, 0.1) is 0 Å². The van der Waals surface area contributed by atoms with Gasteiger partial charge in [0, 0.05) is 17.4 Å². The van der Waals surface area contributed by atoms with Crippen molar-refractivity contribution in [3.63, 3.8) is 0 Å². The molecule has 1 amide bonds. The van der Waals surface area contributed by atoms with E-state index >= 15 is 0 Å². The van der Waals surface area contributed by atoms with Crippen LogP contribution in [0.25, 0.3) is 0 Å². The summed E-state index contributed by atoms with van der Waals surface area (Å²) in [4.78, 5) is 11.9. The van der Waals surface area contributed by atoms with E-state index in [4.69, 9.17) is 5.11 Å². The molecule has 2 aromatic rings. The maximum Gasteiger partial charge on any atom is 0.273 e. The van der Waals surface area contributed by atoms with Crippen molar-refractivity contribution in [2.75, 3.05) is 11.9 Å². The first kappa shape index (κ1) is 12.9. The van der Waals surface area contributed by atoms with Gasteiger partial charge in [-0.05, 0) is 36.8 Å². The van der Waals surface area contributed by atoms with Crippen LogP contribution >= 0.6 is 0 Å². The Balaban J connectivity index is 2.20. The standard InChI is InChI=1S/C14H13N3O2/c1-10-7-11(3-2-6-18)9-12(8-10)16-14(19)13-4-5-15-17-13/h4-5,7-9,18H,6H2,1H3,(H,15,17)(H,16,19). The van der Waals surface area contributed by atoms with Crippen LogP contribution in [-0.2, 0) is 0 Å². The average molecular weight is 255 g/mol. The number of carbonyl (C=O) groups is 1. The van der Waals surface area contributed by atoms with Gasteiger partial charge in [0.15, 0.2) is 0 Å². The molecule has 19 heavy (non-hydrogen) atoms. The summed E-state index contributed by atoms with van der Waals surface area (Å²) in [7, 11) is 0. The third-order valence-corrected chi connectivity index (χ3v) is 2.39. The molecule has 0 radical (unpaired) electrons. The van der Waals surface area contributed by atoms with Crippen molar-refractivity contribution in [2.45, 2.75) is 6.92 Å². The van der Waals surface area contributed by atoms with E-state index in [1.54, 1.807) is 12.1 Å². The van der Waals surface area contributed by atoms with E-state index < -0.39 is 0 Å². The molecule has 1 aromatic carbocycles. The molecule has 1 heterocycles. The topological polar surface area (TPSA) is 78.0 Å². The van der Waals surface area contributed by atoms with Gasteiger partial charge < -0.3 is 10.4 Å². The molecule has 0 unspecified atom stereocenters. The monoisotopic (exact) mass is 255 g/mol. The second-order valence-corrected chi connectivity index (χ2v) is 3.97. The average Bonchev–Trinajstić information content (AvgIpc) is 2.89. The Morgan fingerprint density at radius 3 is 3.00 bits per heavy atom. The minimum atomic E-state index is -0.260. The molecule has 0 aliphatic carbocycles. The number of aromatic nitrogens is 2. The molecule has 0 saturated carbocycles. The third-order valence-electron chi connectivity index (χ3n) is 2.39. The molecule has 0 atom stereocenters. The van der Waals surface area contributed by atoms with E-state index in [1.807, 2.05) is 19.1 Å². The molecule has 0 spiro atoms. The number of anilines is 1. The van der Waals surface area contributed by atoms with Crippen LogP contribution in [0.1, 0.15) is 21.6 Å². The highest BCUT2D eigenvalue weighted by molar-refractivity contribution is 6.02. The largest absolute Gasteiger partial charge is 0.384 e. The van der Waals surface area contributed by atoms with Crippen LogP contribution in [0.2, 0.25) is 0 Å². The van der Waals surface area contributed by atoms with Gasteiger partial charge >= 0.3 is 0 Å². The maximum absolute atomic E-state index is 11.9. The molecule has 2 rings (SSSR count). The fourth-order valence-electron chi connectivity index (χ4n) is 1.65. The minimum Gasteiger partial charge on any atom is -0.384 e. The lowest BCUT2D eigenvalue weighted by Crippen LogP contribution is -2.12. The molecule has 0 saturated heterocycles. The maximum atomic E-state index is 11.9. The zero-order valence-electron chi connectivity index (χ0n) is 10.4. The summed E-state index contributed by atoms with van der Waals surface area (Å²) in [5, 5.41) is 17.8. The quantitative estimate of drug-likeness (QED) is 0.708. The predicted molar refractivity (Wildman–Crippen MR) is 71.7 cm³/mol. The van der Waals surface area contributed by atoms with Crippen LogP contribution in [0.5, 0.6) is 0 Å². The molecule has 1 aromatic heterocycles. The van der Waals surface area contributed by atoms with Crippen molar-refractivity contribution in [2.24, 2.45) is 0 Å². The molecule has 0 aliphatic heterocycles. The fourth-order valence-corrected chi connectivity index (χ4v) is 1.65. The number of aliphatic hydroxyl groups excluding tert-OH is 1. The third kappa shape index (κ3) is 3.44. The highest BCUT2D eigenvalue weighted by Crippen LogP contribution is 2.14. The van der Waals surface area contributed by atoms with Gasteiger partial charge in [-0.3, -0.25) is 9.89 Å². The molecular formula is C14H13N3O2. The first-order chi connectivity index (χ1) is 9.19. The second kappa shape index (κ2) is 5.85. The number of nitrogens with one attached hydrogen (secondary N) is 2. The number of nitrogens with zero attached hydrogens (tertiary/aromatic N) is 1. The number of hydrogen-bond acceptors (Lipinski definition) is 3. The lowest BCUT2D eigenvalue weighted by atomic mass is 10.1. The predicted octanol–water partition coefficient (Wildman–Crippen LogP) is 1.31. The van der Waals surface area contributed by atoms with Crippen LogP contribution < -0.4 is 5.32 Å². The number of benzene rings is 1. The second-order valence-electron chi connectivity index (χ2n) is 3.97. The number of carbonyl (C=O) groups excluding carboxylic acids is 1. The first-order valence-electron chi connectivity index (χ1n) is 5.71. The van der Waals surface area contributed by atoms with Gasteiger partial charge in [0.2, 0.25) is 0 Å². The summed E-state index contributed by atoms with van der Waals surface area (Å²) in [5.74, 6) is 5.13. The van der Waals surface area contributed by atoms with Crippen LogP contribution in [0, 0.1) is 18.8 Å². The Kier molecular flexibility index (Phi) is 3.96. The lowest BCUT2D eigenvalue weighted by Gasteiger charge is -2.05. The van der Waals surface area contributed by atoms with Gasteiger partial charge in [0.1, 0.15) is 12.3 Å². The Morgan fingerprint density at radius 2 is 2.32 bits per heavy atom. The summed E-state index contributed by atoms with van der Waals surface area (Å²) < 4.78 is 0. The minimum absolute atomic E-state index is 0.191. The van der Waals surface area contributed by atoms with Gasteiger partial charge in [-0.25, -0.2) is 0 Å². The van der Waals surface area contributed by atoms with Crippen LogP contribution in [0.4, 0.5) is 5.69 Å². The van der Waals surface area contributed by atoms with Gasteiger partial charge in [0.25, 0.3) is 5.91 Å². The number of aryl methyl sites for hydroxylation is 1. The van der Waals surface area contributed by atoms with E-state index in [1.165, 1.54) is 6.20 Å². The summed E-state index contributed by atoms with van der Waals surface area (Å²) in [6, 6.07) is 7.08. The molecule has 5 heteroatoms. The van der Waals surface area contributed by atoms with Crippen LogP contribution in [0.15, 0.2) is 30.5 Å². The summed E-state index contributed by atoms with van der Waals surface area (Å²) in [6.07, 6.45) is 1.52. The zero-order chi connectivity index (χ0) is 13.7. The molecule has 0 aliphatic rings. The van der Waals surface area contributed by atoms with Gasteiger partial charge in [-0.1, -0.05) is 11.8 Å². The van der Waals surface area contributed by atoms with E-state index in [2.05, 4.69) is 27.4 Å². The molecule has 3 N–H and O–H groups in total. The van der Waals surface area contributed by atoms with E-state index in [0.29, 0.717) is 11.4 Å². The van der Waals surface area contributed by atoms with Crippen molar-refractivity contribution < 1.29 is 9.90 Å². The summed E-state index contributed by atoms with van der Waals surface area (Å²) in [6.45, 7) is 1.72. The molecule has 0 bridgehead atoms. The van der Waals surface area contributed by atoms with Crippen molar-refractivity contribution in [3.05, 3.63) is 47.3 Å². The fraction of sp³-hybridized carbons (Fsp3) is 0.143. The van der Waals surface area contributed by atoms with E-state index in [0.717, 1.165) is 11.1 Å². The number of aliphatic hydroxyl groups is 1. The van der Waals surface area contributed by atoms with Crippen LogP contribution in [-0.4, -0.2) is 27.8 Å². The summed E-state index contributed by atoms with van der Waals surface area (Å²) >= 11 is 0. The highest BCUT2D eigenvalue weighted by Gasteiger charge is 2.07. The zero-order valence-corrected chi connectivity index (χ0v) is 10.4. The number of hydrogen-bond donors (Lipinski definition) is 3. The number of rotatable bonds is 2. The lowest BCUT2D eigenvalue weighted by molar-refractivity contribution is 0.102. The Morgan fingerprint density at radius 1 is 1.47 bits per heavy atom. The molecule has 96 valence electrons. The Hall–Kier alpha value is -2.58. The smallest absolute Gasteiger partial charge is 0.273 e.